The van der Waals surface area contributed by atoms with Crippen LogP contribution in [0, 0.1) is 5.92 Å². The first kappa shape index (κ1) is 15.7. The Labute approximate surface area is 135 Å². The molecule has 1 aromatic heterocycles. The Balaban J connectivity index is 1.37. The molecular weight excluding hydrogens is 292 g/mol. The highest BCUT2D eigenvalue weighted by atomic mass is 16.5. The molecule has 3 rings (SSSR count). The number of nitrogens with one attached hydrogen (secondary N) is 1. The average molecular weight is 314 g/mol. The molecule has 0 saturated heterocycles. The number of carbonyl (C=O) groups is 1. The van der Waals surface area contributed by atoms with Crippen molar-refractivity contribution in [3.05, 3.63) is 47.8 Å². The maximum absolute atomic E-state index is 12.0. The maximum atomic E-state index is 12.0. The van der Waals surface area contributed by atoms with E-state index >= 15 is 0 Å². The second kappa shape index (κ2) is 7.87. The molecule has 1 fully saturated rings. The Kier molecular flexibility index (Phi) is 5.37. The van der Waals surface area contributed by atoms with Gasteiger partial charge in [-0.15, -0.1) is 5.10 Å². The fourth-order valence-corrected chi connectivity index (χ4v) is 2.25. The molecule has 6 nitrogen and oxygen atoms in total. The third-order valence-electron chi connectivity index (χ3n) is 3.76. The van der Waals surface area contributed by atoms with Crippen molar-refractivity contribution in [2.45, 2.75) is 25.8 Å². The first-order valence-corrected chi connectivity index (χ1v) is 8.11. The molecule has 2 aromatic rings. The lowest BCUT2D eigenvalue weighted by atomic mass is 10.2. The Hall–Kier alpha value is -2.21. The topological polar surface area (TPSA) is 69.0 Å². The first-order chi connectivity index (χ1) is 11.3. The Morgan fingerprint density at radius 2 is 2.13 bits per heavy atom. The second-order valence-electron chi connectivity index (χ2n) is 5.91. The fraction of sp³-hybridized carbons (Fsp3) is 0.471. The van der Waals surface area contributed by atoms with Gasteiger partial charge in [0, 0.05) is 19.8 Å². The predicted octanol–water partition coefficient (Wildman–Crippen LogP) is 1.87. The summed E-state index contributed by atoms with van der Waals surface area (Å²) in [6.07, 6.45) is 5.09. The van der Waals surface area contributed by atoms with Crippen LogP contribution >= 0.6 is 0 Å². The molecule has 0 bridgehead atoms. The lowest BCUT2D eigenvalue weighted by molar-refractivity contribution is 0.0932. The third kappa shape index (κ3) is 5.17. The minimum Gasteiger partial charge on any atom is -0.381 e. The van der Waals surface area contributed by atoms with Crippen molar-refractivity contribution in [1.29, 1.82) is 0 Å². The summed E-state index contributed by atoms with van der Waals surface area (Å²) >= 11 is 0. The number of hydrogen-bond acceptors (Lipinski definition) is 4. The summed E-state index contributed by atoms with van der Waals surface area (Å²) in [5.74, 6) is 0.593. The van der Waals surface area contributed by atoms with Crippen molar-refractivity contribution in [1.82, 2.24) is 20.3 Å². The molecule has 1 amide bonds. The molecule has 1 heterocycles. The largest absolute Gasteiger partial charge is 0.381 e. The van der Waals surface area contributed by atoms with E-state index in [1.54, 1.807) is 10.9 Å². The predicted molar refractivity (Wildman–Crippen MR) is 86.1 cm³/mol. The molecule has 6 heteroatoms. The zero-order chi connectivity index (χ0) is 15.9. The van der Waals surface area contributed by atoms with E-state index < -0.39 is 0 Å². The molecular formula is C17H22N4O2. The van der Waals surface area contributed by atoms with Crippen LogP contribution in [0.2, 0.25) is 0 Å². The van der Waals surface area contributed by atoms with Gasteiger partial charge in [0.2, 0.25) is 0 Å². The zero-order valence-corrected chi connectivity index (χ0v) is 13.1. The van der Waals surface area contributed by atoms with Crippen LogP contribution in [-0.4, -0.2) is 40.7 Å². The fourth-order valence-electron chi connectivity index (χ4n) is 2.25. The monoisotopic (exact) mass is 314 g/mol. The van der Waals surface area contributed by atoms with E-state index in [9.17, 15) is 4.79 Å². The summed E-state index contributed by atoms with van der Waals surface area (Å²) < 4.78 is 7.20. The van der Waals surface area contributed by atoms with Gasteiger partial charge in [0.15, 0.2) is 5.69 Å². The molecule has 1 aliphatic carbocycles. The third-order valence-corrected chi connectivity index (χ3v) is 3.76. The molecule has 0 radical (unpaired) electrons. The van der Waals surface area contributed by atoms with Gasteiger partial charge in [-0.2, -0.15) is 0 Å². The molecule has 23 heavy (non-hydrogen) atoms. The Morgan fingerprint density at radius 3 is 2.91 bits per heavy atom. The van der Waals surface area contributed by atoms with Gasteiger partial charge in [-0.25, -0.2) is 4.68 Å². The van der Waals surface area contributed by atoms with Crippen molar-refractivity contribution in [3.8, 4) is 0 Å². The molecule has 122 valence electrons. The SMILES string of the molecule is O=C(NCCCOCC1CC1)c1cn(Cc2ccccc2)nn1. The molecule has 1 aliphatic rings. The minimum atomic E-state index is -0.188. The van der Waals surface area contributed by atoms with Crippen LogP contribution in [0.3, 0.4) is 0 Å². The van der Waals surface area contributed by atoms with Crippen LogP contribution in [0.25, 0.3) is 0 Å². The molecule has 0 atom stereocenters. The average Bonchev–Trinajstić information content (AvgIpc) is 3.28. The maximum Gasteiger partial charge on any atom is 0.273 e. The van der Waals surface area contributed by atoms with E-state index in [-0.39, 0.29) is 5.91 Å². The number of hydrogen-bond donors (Lipinski definition) is 1. The standard InChI is InChI=1S/C17H22N4O2/c22-17(18-9-4-10-23-13-15-7-8-15)16-12-21(20-19-16)11-14-5-2-1-3-6-14/h1-3,5-6,12,15H,4,7-11,13H2,(H,18,22). The normalized spacial score (nSPS) is 13.9. The second-order valence-corrected chi connectivity index (χ2v) is 5.91. The van der Waals surface area contributed by atoms with E-state index in [0.717, 1.165) is 24.5 Å². The highest BCUT2D eigenvalue weighted by Crippen LogP contribution is 2.28. The summed E-state index contributed by atoms with van der Waals surface area (Å²) in [6, 6.07) is 9.96. The van der Waals surface area contributed by atoms with Gasteiger partial charge in [-0.3, -0.25) is 4.79 Å². The van der Waals surface area contributed by atoms with E-state index in [1.807, 2.05) is 30.3 Å². The Bertz CT molecular complexity index is 623. The van der Waals surface area contributed by atoms with E-state index in [2.05, 4.69) is 15.6 Å². The van der Waals surface area contributed by atoms with Gasteiger partial charge in [0.25, 0.3) is 5.91 Å². The van der Waals surface area contributed by atoms with E-state index in [1.165, 1.54) is 12.8 Å². The van der Waals surface area contributed by atoms with Crippen molar-refractivity contribution in [2.75, 3.05) is 19.8 Å². The lowest BCUT2D eigenvalue weighted by Crippen LogP contribution is -2.25. The quantitative estimate of drug-likeness (QED) is 0.718. The molecule has 0 spiro atoms. The number of nitrogens with zero attached hydrogens (tertiary/aromatic N) is 3. The summed E-state index contributed by atoms with van der Waals surface area (Å²) in [6.45, 7) is 2.75. The smallest absolute Gasteiger partial charge is 0.273 e. The van der Waals surface area contributed by atoms with Gasteiger partial charge in [-0.05, 0) is 30.7 Å². The summed E-state index contributed by atoms with van der Waals surface area (Å²) in [5.41, 5.74) is 1.47. The highest BCUT2D eigenvalue weighted by Gasteiger charge is 2.20. The van der Waals surface area contributed by atoms with Crippen molar-refractivity contribution in [3.63, 3.8) is 0 Å². The van der Waals surface area contributed by atoms with Gasteiger partial charge < -0.3 is 10.1 Å². The summed E-state index contributed by atoms with van der Waals surface area (Å²) in [7, 11) is 0. The zero-order valence-electron chi connectivity index (χ0n) is 13.1. The van der Waals surface area contributed by atoms with Gasteiger partial charge in [-0.1, -0.05) is 35.5 Å². The Morgan fingerprint density at radius 1 is 1.30 bits per heavy atom. The number of rotatable bonds is 9. The molecule has 0 unspecified atom stereocenters. The molecule has 1 saturated carbocycles. The number of carbonyl (C=O) groups excluding carboxylic acids is 1. The van der Waals surface area contributed by atoms with Crippen molar-refractivity contribution < 1.29 is 9.53 Å². The number of ether oxygens (including phenoxy) is 1. The van der Waals surface area contributed by atoms with Gasteiger partial charge in [0.1, 0.15) is 0 Å². The van der Waals surface area contributed by atoms with Gasteiger partial charge in [0.05, 0.1) is 12.7 Å². The van der Waals surface area contributed by atoms with Crippen LogP contribution in [0.15, 0.2) is 36.5 Å². The van der Waals surface area contributed by atoms with E-state index in [4.69, 9.17) is 4.74 Å². The van der Waals surface area contributed by atoms with Crippen LogP contribution in [0.5, 0.6) is 0 Å². The van der Waals surface area contributed by atoms with Crippen molar-refractivity contribution >= 4 is 5.91 Å². The van der Waals surface area contributed by atoms with Crippen LogP contribution in [0.4, 0.5) is 0 Å². The number of amides is 1. The molecule has 0 aliphatic heterocycles. The van der Waals surface area contributed by atoms with Crippen LogP contribution in [-0.2, 0) is 11.3 Å². The first-order valence-electron chi connectivity index (χ1n) is 8.11. The van der Waals surface area contributed by atoms with E-state index in [0.29, 0.717) is 25.4 Å². The minimum absolute atomic E-state index is 0.188. The number of benzene rings is 1. The number of aromatic nitrogens is 3. The van der Waals surface area contributed by atoms with Crippen LogP contribution < -0.4 is 5.32 Å². The van der Waals surface area contributed by atoms with Gasteiger partial charge >= 0.3 is 0 Å². The summed E-state index contributed by atoms with van der Waals surface area (Å²) in [5, 5.41) is 10.8. The van der Waals surface area contributed by atoms with Crippen LogP contribution in [0.1, 0.15) is 35.3 Å². The van der Waals surface area contributed by atoms with Crippen molar-refractivity contribution in [2.24, 2.45) is 5.92 Å². The lowest BCUT2D eigenvalue weighted by Gasteiger charge is -2.04. The highest BCUT2D eigenvalue weighted by molar-refractivity contribution is 5.91. The molecule has 1 aromatic carbocycles. The molecule has 1 N–H and O–H groups in total. The summed E-state index contributed by atoms with van der Waals surface area (Å²) in [4.78, 5) is 12.0.